The van der Waals surface area contributed by atoms with Gasteiger partial charge in [0.05, 0.1) is 7.11 Å². The molecule has 0 unspecified atom stereocenters. The SMILES string of the molecule is COc1ccc(/C=C\c2ccc(C)cc2)cc1. The molecule has 2 aromatic rings. The molecule has 1 heteroatoms. The lowest BCUT2D eigenvalue weighted by molar-refractivity contribution is 0.415. The number of rotatable bonds is 3. The Labute approximate surface area is 102 Å². The van der Waals surface area contributed by atoms with Crippen molar-refractivity contribution < 1.29 is 4.74 Å². The average molecular weight is 224 g/mol. The Morgan fingerprint density at radius 1 is 0.765 bits per heavy atom. The highest BCUT2D eigenvalue weighted by atomic mass is 16.5. The van der Waals surface area contributed by atoms with Crippen molar-refractivity contribution in [1.29, 1.82) is 0 Å². The largest absolute Gasteiger partial charge is 0.497 e. The van der Waals surface area contributed by atoms with E-state index in [1.54, 1.807) is 7.11 Å². The number of hydrogen-bond donors (Lipinski definition) is 0. The molecule has 0 radical (unpaired) electrons. The van der Waals surface area contributed by atoms with E-state index in [9.17, 15) is 0 Å². The van der Waals surface area contributed by atoms with E-state index in [4.69, 9.17) is 4.74 Å². The molecular weight excluding hydrogens is 208 g/mol. The summed E-state index contributed by atoms with van der Waals surface area (Å²) >= 11 is 0. The van der Waals surface area contributed by atoms with Crippen molar-refractivity contribution in [1.82, 2.24) is 0 Å². The quantitative estimate of drug-likeness (QED) is 0.711. The molecule has 0 bridgehead atoms. The summed E-state index contributed by atoms with van der Waals surface area (Å²) in [6.45, 7) is 2.09. The van der Waals surface area contributed by atoms with Crippen LogP contribution in [-0.2, 0) is 0 Å². The summed E-state index contributed by atoms with van der Waals surface area (Å²) in [5.74, 6) is 0.887. The number of ether oxygens (including phenoxy) is 1. The van der Waals surface area contributed by atoms with Gasteiger partial charge in [0.25, 0.3) is 0 Å². The van der Waals surface area contributed by atoms with Crippen molar-refractivity contribution in [3.05, 3.63) is 65.2 Å². The fraction of sp³-hybridized carbons (Fsp3) is 0.125. The van der Waals surface area contributed by atoms with Crippen molar-refractivity contribution in [3.8, 4) is 5.75 Å². The molecule has 0 amide bonds. The summed E-state index contributed by atoms with van der Waals surface area (Å²) in [7, 11) is 1.68. The average Bonchev–Trinajstić information content (AvgIpc) is 2.39. The first-order valence-corrected chi connectivity index (χ1v) is 5.67. The van der Waals surface area contributed by atoms with Gasteiger partial charge >= 0.3 is 0 Å². The lowest BCUT2D eigenvalue weighted by Crippen LogP contribution is -1.81. The fourth-order valence-electron chi connectivity index (χ4n) is 1.59. The van der Waals surface area contributed by atoms with Crippen molar-refractivity contribution in [2.75, 3.05) is 7.11 Å². The maximum Gasteiger partial charge on any atom is 0.118 e. The minimum absolute atomic E-state index is 0.887. The number of aryl methyl sites for hydroxylation is 1. The molecule has 0 heterocycles. The normalized spacial score (nSPS) is 10.7. The number of hydrogen-bond acceptors (Lipinski definition) is 1. The van der Waals surface area contributed by atoms with Crippen LogP contribution in [0, 0.1) is 6.92 Å². The Morgan fingerprint density at radius 2 is 1.24 bits per heavy atom. The first kappa shape index (κ1) is 11.5. The summed E-state index contributed by atoms with van der Waals surface area (Å²) in [6, 6.07) is 16.5. The highest BCUT2D eigenvalue weighted by molar-refractivity contribution is 5.69. The minimum Gasteiger partial charge on any atom is -0.497 e. The van der Waals surface area contributed by atoms with E-state index in [1.165, 1.54) is 16.7 Å². The van der Waals surface area contributed by atoms with Crippen LogP contribution in [0.15, 0.2) is 48.5 Å². The van der Waals surface area contributed by atoms with Gasteiger partial charge in [0.1, 0.15) is 5.75 Å². The van der Waals surface area contributed by atoms with Gasteiger partial charge in [0.15, 0.2) is 0 Å². The van der Waals surface area contributed by atoms with Crippen LogP contribution >= 0.6 is 0 Å². The molecule has 0 saturated carbocycles. The van der Waals surface area contributed by atoms with Gasteiger partial charge in [-0.15, -0.1) is 0 Å². The van der Waals surface area contributed by atoms with Crippen molar-refractivity contribution in [2.45, 2.75) is 6.92 Å². The Morgan fingerprint density at radius 3 is 1.71 bits per heavy atom. The molecule has 0 spiro atoms. The lowest BCUT2D eigenvalue weighted by Gasteiger charge is -1.99. The zero-order chi connectivity index (χ0) is 12.1. The Hall–Kier alpha value is -2.02. The fourth-order valence-corrected chi connectivity index (χ4v) is 1.59. The first-order valence-electron chi connectivity index (χ1n) is 5.67. The molecule has 0 aliphatic heterocycles. The molecule has 17 heavy (non-hydrogen) atoms. The van der Waals surface area contributed by atoms with Crippen molar-refractivity contribution >= 4 is 12.2 Å². The number of benzene rings is 2. The second-order valence-corrected chi connectivity index (χ2v) is 4.02. The van der Waals surface area contributed by atoms with E-state index >= 15 is 0 Å². The smallest absolute Gasteiger partial charge is 0.118 e. The van der Waals surface area contributed by atoms with E-state index in [-0.39, 0.29) is 0 Å². The van der Waals surface area contributed by atoms with Crippen LogP contribution in [0.3, 0.4) is 0 Å². The van der Waals surface area contributed by atoms with Gasteiger partial charge < -0.3 is 4.74 Å². The molecule has 0 aliphatic carbocycles. The third kappa shape index (κ3) is 3.22. The van der Waals surface area contributed by atoms with Gasteiger partial charge in [-0.1, -0.05) is 54.1 Å². The highest BCUT2D eigenvalue weighted by Crippen LogP contribution is 2.14. The first-order chi connectivity index (χ1) is 8.28. The topological polar surface area (TPSA) is 9.23 Å². The zero-order valence-electron chi connectivity index (χ0n) is 10.2. The van der Waals surface area contributed by atoms with E-state index < -0.39 is 0 Å². The van der Waals surface area contributed by atoms with Gasteiger partial charge in [-0.05, 0) is 30.2 Å². The third-order valence-corrected chi connectivity index (χ3v) is 2.66. The van der Waals surface area contributed by atoms with E-state index in [1.807, 2.05) is 24.3 Å². The number of methoxy groups -OCH3 is 1. The summed E-state index contributed by atoms with van der Waals surface area (Å²) in [6.07, 6.45) is 4.21. The maximum atomic E-state index is 5.12. The third-order valence-electron chi connectivity index (χ3n) is 2.66. The molecule has 0 N–H and O–H groups in total. The predicted molar refractivity (Wildman–Crippen MR) is 73.1 cm³/mol. The van der Waals surface area contributed by atoms with Crippen LogP contribution in [0.25, 0.3) is 12.2 Å². The molecule has 0 saturated heterocycles. The predicted octanol–water partition coefficient (Wildman–Crippen LogP) is 4.17. The summed E-state index contributed by atoms with van der Waals surface area (Å²) in [5.41, 5.74) is 3.67. The second kappa shape index (κ2) is 5.35. The van der Waals surface area contributed by atoms with Gasteiger partial charge in [-0.3, -0.25) is 0 Å². The monoisotopic (exact) mass is 224 g/mol. The Balaban J connectivity index is 2.11. The molecule has 0 atom stereocenters. The van der Waals surface area contributed by atoms with Crippen LogP contribution < -0.4 is 4.74 Å². The molecule has 86 valence electrons. The molecule has 2 rings (SSSR count). The molecule has 0 aliphatic rings. The summed E-state index contributed by atoms with van der Waals surface area (Å²) in [5, 5.41) is 0. The standard InChI is InChI=1S/C16H16O/c1-13-3-5-14(6-4-13)7-8-15-9-11-16(17-2)12-10-15/h3-12H,1-2H3/b8-7-. The van der Waals surface area contributed by atoms with Gasteiger partial charge in [0.2, 0.25) is 0 Å². The van der Waals surface area contributed by atoms with E-state index in [2.05, 4.69) is 43.3 Å². The summed E-state index contributed by atoms with van der Waals surface area (Å²) in [4.78, 5) is 0. The Kier molecular flexibility index (Phi) is 3.61. The van der Waals surface area contributed by atoms with Gasteiger partial charge in [-0.25, -0.2) is 0 Å². The Bertz CT molecular complexity index is 492. The summed E-state index contributed by atoms with van der Waals surface area (Å²) < 4.78 is 5.12. The van der Waals surface area contributed by atoms with Crippen LogP contribution in [0.4, 0.5) is 0 Å². The zero-order valence-corrected chi connectivity index (χ0v) is 10.2. The maximum absolute atomic E-state index is 5.12. The van der Waals surface area contributed by atoms with Crippen LogP contribution in [0.1, 0.15) is 16.7 Å². The minimum atomic E-state index is 0.887. The van der Waals surface area contributed by atoms with Crippen molar-refractivity contribution in [3.63, 3.8) is 0 Å². The second-order valence-electron chi connectivity index (χ2n) is 4.02. The van der Waals surface area contributed by atoms with Crippen molar-refractivity contribution in [2.24, 2.45) is 0 Å². The van der Waals surface area contributed by atoms with Crippen LogP contribution in [0.2, 0.25) is 0 Å². The molecule has 2 aromatic carbocycles. The molecule has 0 aromatic heterocycles. The molecular formula is C16H16O. The van der Waals surface area contributed by atoms with E-state index in [0.717, 1.165) is 5.75 Å². The molecule has 0 fully saturated rings. The molecule has 1 nitrogen and oxygen atoms in total. The highest BCUT2D eigenvalue weighted by Gasteiger charge is 1.90. The van der Waals surface area contributed by atoms with E-state index in [0.29, 0.717) is 0 Å². The van der Waals surface area contributed by atoms with Gasteiger partial charge in [0, 0.05) is 0 Å². The lowest BCUT2D eigenvalue weighted by atomic mass is 10.1. The van der Waals surface area contributed by atoms with Gasteiger partial charge in [-0.2, -0.15) is 0 Å². The van der Waals surface area contributed by atoms with Crippen LogP contribution in [-0.4, -0.2) is 7.11 Å². The van der Waals surface area contributed by atoms with Crippen LogP contribution in [0.5, 0.6) is 5.75 Å².